The van der Waals surface area contributed by atoms with Gasteiger partial charge in [0.25, 0.3) is 0 Å². The van der Waals surface area contributed by atoms with Crippen molar-refractivity contribution in [3.05, 3.63) is 29.8 Å². The lowest BCUT2D eigenvalue weighted by atomic mass is 9.95. The lowest BCUT2D eigenvalue weighted by Gasteiger charge is -2.37. The number of fused-ring (bicyclic) bond motifs is 2. The fourth-order valence-corrected chi connectivity index (χ4v) is 6.53. The van der Waals surface area contributed by atoms with Crippen molar-refractivity contribution >= 4 is 27.4 Å². The molecule has 1 heterocycles. The Hall–Kier alpha value is -1.32. The van der Waals surface area contributed by atoms with Gasteiger partial charge >= 0.3 is 0 Å². The van der Waals surface area contributed by atoms with Crippen molar-refractivity contribution in [2.75, 3.05) is 26.2 Å². The summed E-state index contributed by atoms with van der Waals surface area (Å²) in [5, 5.41) is 4.11. The first-order valence-electron chi connectivity index (χ1n) is 9.36. The zero-order valence-corrected chi connectivity index (χ0v) is 16.5. The van der Waals surface area contributed by atoms with Gasteiger partial charge in [-0.3, -0.25) is 0 Å². The molecule has 27 heavy (non-hydrogen) atoms. The Morgan fingerprint density at radius 3 is 2.30 bits per heavy atom. The molecule has 3 fully saturated rings. The molecule has 1 aromatic rings. The van der Waals surface area contributed by atoms with E-state index >= 15 is 0 Å². The molecule has 5 nitrogen and oxygen atoms in total. The van der Waals surface area contributed by atoms with Crippen LogP contribution in [-0.2, 0) is 10.0 Å². The van der Waals surface area contributed by atoms with E-state index in [0.717, 1.165) is 34.8 Å². The summed E-state index contributed by atoms with van der Waals surface area (Å²) in [5.74, 6) is -0.622. The molecular weight excluding hydrogens is 392 g/mol. The number of nitrogens with one attached hydrogen (secondary N) is 1. The van der Waals surface area contributed by atoms with Crippen LogP contribution in [-0.4, -0.2) is 55.0 Å². The predicted octanol–water partition coefficient (Wildman–Crippen LogP) is 2.33. The molecule has 0 unspecified atom stereocenters. The van der Waals surface area contributed by atoms with E-state index in [1.54, 1.807) is 0 Å². The first kappa shape index (κ1) is 19.0. The van der Waals surface area contributed by atoms with Crippen LogP contribution in [0.1, 0.15) is 25.7 Å². The minimum atomic E-state index is -4.21. The largest absolute Gasteiger partial charge is 0.360 e. The van der Waals surface area contributed by atoms with Crippen molar-refractivity contribution in [2.45, 2.75) is 36.6 Å². The Morgan fingerprint density at radius 1 is 1.07 bits per heavy atom. The van der Waals surface area contributed by atoms with Crippen molar-refractivity contribution in [3.8, 4) is 0 Å². The van der Waals surface area contributed by atoms with E-state index < -0.39 is 26.6 Å². The Morgan fingerprint density at radius 2 is 1.74 bits per heavy atom. The lowest BCUT2D eigenvalue weighted by Crippen LogP contribution is -2.55. The summed E-state index contributed by atoms with van der Waals surface area (Å²) in [5.41, 5.74) is 0. The quantitative estimate of drug-likeness (QED) is 0.768. The maximum absolute atomic E-state index is 13.9. The Labute approximate surface area is 163 Å². The summed E-state index contributed by atoms with van der Waals surface area (Å²) in [6, 6.07) is 3.49. The van der Waals surface area contributed by atoms with E-state index in [1.807, 2.05) is 4.90 Å². The summed E-state index contributed by atoms with van der Waals surface area (Å²) in [6.07, 6.45) is 5.01. The van der Waals surface area contributed by atoms with Crippen LogP contribution in [0.5, 0.6) is 0 Å². The molecular formula is C18H23F2N3O2S2. The van der Waals surface area contributed by atoms with Gasteiger partial charge in [0.05, 0.1) is 0 Å². The monoisotopic (exact) mass is 415 g/mol. The molecule has 1 saturated heterocycles. The summed E-state index contributed by atoms with van der Waals surface area (Å²) in [7, 11) is -4.21. The number of benzene rings is 1. The average Bonchev–Trinajstić information content (AvgIpc) is 3.24. The van der Waals surface area contributed by atoms with Crippen LogP contribution in [0.25, 0.3) is 0 Å². The molecule has 2 bridgehead atoms. The van der Waals surface area contributed by atoms with E-state index in [2.05, 4.69) is 5.32 Å². The van der Waals surface area contributed by atoms with Gasteiger partial charge in [0.1, 0.15) is 11.6 Å². The van der Waals surface area contributed by atoms with Crippen molar-refractivity contribution in [2.24, 2.45) is 11.8 Å². The second-order valence-electron chi connectivity index (χ2n) is 7.67. The lowest BCUT2D eigenvalue weighted by molar-refractivity contribution is 0.257. The van der Waals surface area contributed by atoms with E-state index in [1.165, 1.54) is 19.3 Å². The van der Waals surface area contributed by atoms with E-state index in [9.17, 15) is 17.2 Å². The van der Waals surface area contributed by atoms with Crippen molar-refractivity contribution < 1.29 is 17.2 Å². The van der Waals surface area contributed by atoms with Crippen LogP contribution in [0, 0.1) is 23.5 Å². The molecule has 0 amide bonds. The molecule has 1 aromatic carbocycles. The molecule has 0 aromatic heterocycles. The number of piperazine rings is 1. The van der Waals surface area contributed by atoms with Gasteiger partial charge in [0, 0.05) is 32.2 Å². The molecule has 0 radical (unpaired) electrons. The molecule has 1 N–H and O–H groups in total. The van der Waals surface area contributed by atoms with Crippen molar-refractivity contribution in [3.63, 3.8) is 0 Å². The van der Waals surface area contributed by atoms with Gasteiger partial charge in [0.2, 0.25) is 10.0 Å². The topological polar surface area (TPSA) is 52.7 Å². The molecule has 148 valence electrons. The molecule has 3 atom stereocenters. The third-order valence-electron chi connectivity index (χ3n) is 6.09. The first-order chi connectivity index (χ1) is 12.9. The SMILES string of the molecule is O=S(=O)(c1c(F)cccc1F)N1CCN(C(=S)N[C@@H]2C[C@H]3CC[C@@H]2C3)CC1. The van der Waals surface area contributed by atoms with Crippen molar-refractivity contribution in [1.82, 2.24) is 14.5 Å². The fraction of sp³-hybridized carbons (Fsp3) is 0.611. The van der Waals surface area contributed by atoms with Gasteiger partial charge in [-0.25, -0.2) is 17.2 Å². The molecule has 1 aliphatic heterocycles. The number of thiocarbonyl (C=S) groups is 1. The number of rotatable bonds is 3. The normalized spacial score (nSPS) is 28.5. The highest BCUT2D eigenvalue weighted by molar-refractivity contribution is 7.89. The van der Waals surface area contributed by atoms with Gasteiger partial charge < -0.3 is 10.2 Å². The highest BCUT2D eigenvalue weighted by atomic mass is 32.2. The molecule has 9 heteroatoms. The standard InChI is InChI=1S/C18H23F2N3O2S2/c19-14-2-1-3-15(20)17(14)27(24,25)23-8-6-22(7-9-23)18(26)21-16-11-12-4-5-13(16)10-12/h1-3,12-13,16H,4-11H2,(H,21,26)/t12-,13+,16+/m0/s1. The van der Waals surface area contributed by atoms with Gasteiger partial charge in [0.15, 0.2) is 10.0 Å². The Kier molecular flexibility index (Phi) is 5.11. The molecule has 3 aliphatic rings. The molecule has 0 spiro atoms. The number of sulfonamides is 1. The van der Waals surface area contributed by atoms with Crippen LogP contribution in [0.3, 0.4) is 0 Å². The summed E-state index contributed by atoms with van der Waals surface area (Å²) in [6.45, 7) is 1.10. The summed E-state index contributed by atoms with van der Waals surface area (Å²) in [4.78, 5) is 1.08. The first-order valence-corrected chi connectivity index (χ1v) is 11.2. The fourth-order valence-electron chi connectivity index (χ4n) is 4.66. The van der Waals surface area contributed by atoms with Gasteiger partial charge in [-0.1, -0.05) is 12.5 Å². The smallest absolute Gasteiger partial charge is 0.249 e. The Bertz CT molecular complexity index is 821. The van der Waals surface area contributed by atoms with Gasteiger partial charge in [-0.2, -0.15) is 4.31 Å². The maximum Gasteiger partial charge on any atom is 0.249 e. The van der Waals surface area contributed by atoms with Crippen LogP contribution in [0.15, 0.2) is 23.1 Å². The molecule has 2 aliphatic carbocycles. The predicted molar refractivity (Wildman–Crippen MR) is 102 cm³/mol. The van der Waals surface area contributed by atoms with Gasteiger partial charge in [-0.15, -0.1) is 0 Å². The van der Waals surface area contributed by atoms with Crippen LogP contribution in [0.2, 0.25) is 0 Å². The highest BCUT2D eigenvalue weighted by Crippen LogP contribution is 2.44. The maximum atomic E-state index is 13.9. The van der Waals surface area contributed by atoms with E-state index in [-0.39, 0.29) is 13.1 Å². The van der Waals surface area contributed by atoms with Crippen LogP contribution >= 0.6 is 12.2 Å². The molecule has 4 rings (SSSR count). The minimum Gasteiger partial charge on any atom is -0.360 e. The highest BCUT2D eigenvalue weighted by Gasteiger charge is 2.40. The number of nitrogens with zero attached hydrogens (tertiary/aromatic N) is 2. The number of hydrogen-bond acceptors (Lipinski definition) is 3. The third kappa shape index (κ3) is 3.56. The van der Waals surface area contributed by atoms with Crippen LogP contribution in [0.4, 0.5) is 8.78 Å². The second kappa shape index (κ2) is 7.25. The zero-order chi connectivity index (χ0) is 19.2. The van der Waals surface area contributed by atoms with Crippen LogP contribution < -0.4 is 5.32 Å². The number of hydrogen-bond donors (Lipinski definition) is 1. The summed E-state index contributed by atoms with van der Waals surface area (Å²) < 4.78 is 54.3. The second-order valence-corrected chi connectivity index (χ2v) is 9.93. The third-order valence-corrected chi connectivity index (χ3v) is 8.42. The summed E-state index contributed by atoms with van der Waals surface area (Å²) >= 11 is 5.52. The average molecular weight is 416 g/mol. The zero-order valence-electron chi connectivity index (χ0n) is 14.9. The van der Waals surface area contributed by atoms with E-state index in [0.29, 0.717) is 30.2 Å². The molecule has 2 saturated carbocycles. The number of halogens is 2. The van der Waals surface area contributed by atoms with Crippen molar-refractivity contribution in [1.29, 1.82) is 0 Å². The van der Waals surface area contributed by atoms with Gasteiger partial charge in [-0.05, 0) is 55.4 Å². The Balaban J connectivity index is 1.38. The minimum absolute atomic E-state index is 0.147. The van der Waals surface area contributed by atoms with E-state index in [4.69, 9.17) is 12.2 Å².